The van der Waals surface area contributed by atoms with E-state index in [1.807, 2.05) is 0 Å². The average molecular weight is 448 g/mol. The minimum absolute atomic E-state index is 0.0131. The van der Waals surface area contributed by atoms with Gasteiger partial charge in [-0.3, -0.25) is 4.79 Å². The highest BCUT2D eigenvalue weighted by Gasteiger charge is 2.46. The molecule has 160 valence electrons. The van der Waals surface area contributed by atoms with E-state index in [-0.39, 0.29) is 36.1 Å². The average Bonchev–Trinajstić information content (AvgIpc) is 3.44. The van der Waals surface area contributed by atoms with E-state index in [1.54, 1.807) is 11.0 Å². The Morgan fingerprint density at radius 1 is 1.23 bits per heavy atom. The molecule has 0 radical (unpaired) electrons. The molecule has 0 spiro atoms. The molecule has 0 unspecified atom stereocenters. The van der Waals surface area contributed by atoms with Gasteiger partial charge in [-0.2, -0.15) is 0 Å². The van der Waals surface area contributed by atoms with Gasteiger partial charge in [0, 0.05) is 31.1 Å². The summed E-state index contributed by atoms with van der Waals surface area (Å²) in [6.07, 6.45) is -4.39. The van der Waals surface area contributed by atoms with Gasteiger partial charge in [0.15, 0.2) is 0 Å². The second kappa shape index (κ2) is 7.30. The summed E-state index contributed by atoms with van der Waals surface area (Å²) >= 11 is 5.97. The van der Waals surface area contributed by atoms with Gasteiger partial charge in [0.05, 0.1) is 16.6 Å². The Morgan fingerprint density at radius 2 is 1.97 bits per heavy atom. The topological polar surface area (TPSA) is 49.8 Å². The summed E-state index contributed by atoms with van der Waals surface area (Å²) in [5, 5.41) is 8.71. The van der Waals surface area contributed by atoms with Crippen molar-refractivity contribution in [3.8, 4) is 5.75 Å². The Bertz CT molecular complexity index is 1030. The predicted molar refractivity (Wildman–Crippen MR) is 97.7 cm³/mol. The number of carbonyl (C=O) groups is 1. The van der Waals surface area contributed by atoms with Crippen LogP contribution in [-0.4, -0.2) is 24.0 Å². The molecule has 1 N–H and O–H groups in total. The zero-order valence-corrected chi connectivity index (χ0v) is 16.0. The second-order valence-corrected chi connectivity index (χ2v) is 7.73. The first-order valence-electron chi connectivity index (χ1n) is 9.08. The van der Waals surface area contributed by atoms with Crippen LogP contribution in [0.4, 0.5) is 27.6 Å². The Morgan fingerprint density at radius 3 is 2.60 bits per heavy atom. The molecule has 0 aromatic heterocycles. The summed E-state index contributed by atoms with van der Waals surface area (Å²) in [5.74, 6) is -4.15. The molecule has 1 saturated carbocycles. The van der Waals surface area contributed by atoms with E-state index in [4.69, 9.17) is 16.7 Å². The molecule has 1 fully saturated rings. The van der Waals surface area contributed by atoms with Crippen LogP contribution in [0.3, 0.4) is 0 Å². The van der Waals surface area contributed by atoms with Gasteiger partial charge < -0.3 is 14.7 Å². The van der Waals surface area contributed by atoms with Crippen molar-refractivity contribution in [2.24, 2.45) is 5.92 Å². The molecule has 0 amide bonds. The van der Waals surface area contributed by atoms with E-state index in [1.165, 1.54) is 6.07 Å². The number of halogens is 6. The van der Waals surface area contributed by atoms with Crippen molar-refractivity contribution in [2.75, 3.05) is 11.4 Å². The lowest BCUT2D eigenvalue weighted by Gasteiger charge is -2.32. The van der Waals surface area contributed by atoms with Crippen LogP contribution in [0, 0.1) is 17.6 Å². The number of aliphatic carboxylic acids is 1. The molecule has 4 nitrogen and oxygen atoms in total. The molecular formula is C20H15ClF5NO3. The zero-order valence-electron chi connectivity index (χ0n) is 15.3. The third kappa shape index (κ3) is 3.90. The summed E-state index contributed by atoms with van der Waals surface area (Å²) in [6, 6.07) is 4.75. The molecule has 30 heavy (non-hydrogen) atoms. The number of rotatable bonds is 4. The highest BCUT2D eigenvalue weighted by Crippen LogP contribution is 2.49. The lowest BCUT2D eigenvalue weighted by molar-refractivity contribution is -0.274. The normalized spacial score (nSPS) is 20.7. The molecule has 2 aromatic carbocycles. The van der Waals surface area contributed by atoms with Crippen LogP contribution in [-0.2, 0) is 17.8 Å². The molecule has 1 aliphatic carbocycles. The Hall–Kier alpha value is -2.55. The van der Waals surface area contributed by atoms with Gasteiger partial charge in [-0.1, -0.05) is 23.7 Å². The fourth-order valence-electron chi connectivity index (χ4n) is 3.91. The maximum atomic E-state index is 15.0. The number of ether oxygens (including phenoxy) is 1. The first-order chi connectivity index (χ1) is 14.0. The van der Waals surface area contributed by atoms with Gasteiger partial charge in [-0.05, 0) is 29.5 Å². The monoisotopic (exact) mass is 447 g/mol. The number of anilines is 1. The van der Waals surface area contributed by atoms with Crippen LogP contribution in [0.25, 0.3) is 0 Å². The Labute approximate surface area is 172 Å². The molecule has 1 heterocycles. The maximum Gasteiger partial charge on any atom is 0.573 e. The summed E-state index contributed by atoms with van der Waals surface area (Å²) in [5.41, 5.74) is 1.38. The number of fused-ring (bicyclic) bond motifs is 1. The molecular weight excluding hydrogens is 433 g/mol. The van der Waals surface area contributed by atoms with Gasteiger partial charge in [0.25, 0.3) is 0 Å². The molecule has 10 heteroatoms. The van der Waals surface area contributed by atoms with Crippen molar-refractivity contribution in [1.29, 1.82) is 0 Å². The lowest BCUT2D eigenvalue weighted by Crippen LogP contribution is -2.31. The minimum atomic E-state index is -4.98. The maximum absolute atomic E-state index is 15.0. The van der Waals surface area contributed by atoms with E-state index >= 15 is 0 Å². The quantitative estimate of drug-likeness (QED) is 0.649. The SMILES string of the molecule is O=C(O)[C@H]1C[C@@H]1c1ccc2c(c1F)CCN(c1cc(OC(F)(F)F)cc(F)c1Cl)C2. The predicted octanol–water partition coefficient (Wildman–Crippen LogP) is 5.27. The van der Waals surface area contributed by atoms with Gasteiger partial charge in [0.1, 0.15) is 17.4 Å². The standard InChI is InChI=1S/C20H15ClF5NO3/c21-17-15(22)5-10(30-20(24,25)26)6-16(17)27-4-3-11-9(8-27)1-2-12(18(11)23)13-7-14(13)19(28)29/h1-2,5-6,13-14H,3-4,7-8H2,(H,28,29)/t13-,14+/m1/s1. The molecule has 0 saturated heterocycles. The first-order valence-corrected chi connectivity index (χ1v) is 9.45. The largest absolute Gasteiger partial charge is 0.573 e. The van der Waals surface area contributed by atoms with Crippen LogP contribution in [0.5, 0.6) is 5.75 Å². The third-order valence-electron chi connectivity index (χ3n) is 5.43. The summed E-state index contributed by atoms with van der Waals surface area (Å²) in [4.78, 5) is 12.6. The number of alkyl halides is 3. The highest BCUT2D eigenvalue weighted by molar-refractivity contribution is 6.33. The van der Waals surface area contributed by atoms with Gasteiger partial charge in [-0.25, -0.2) is 8.78 Å². The minimum Gasteiger partial charge on any atom is -0.481 e. The summed E-state index contributed by atoms with van der Waals surface area (Å²) < 4.78 is 70.3. The molecule has 0 bridgehead atoms. The Balaban J connectivity index is 1.61. The van der Waals surface area contributed by atoms with Crippen LogP contribution in [0.1, 0.15) is 29.0 Å². The third-order valence-corrected chi connectivity index (χ3v) is 5.80. The van der Waals surface area contributed by atoms with Crippen LogP contribution >= 0.6 is 11.6 Å². The molecule has 2 aliphatic rings. The summed E-state index contributed by atoms with van der Waals surface area (Å²) in [6.45, 7) is 0.295. The van der Waals surface area contributed by atoms with Crippen molar-refractivity contribution >= 4 is 23.3 Å². The van der Waals surface area contributed by atoms with Gasteiger partial charge >= 0.3 is 12.3 Å². The summed E-state index contributed by atoms with van der Waals surface area (Å²) in [7, 11) is 0. The van der Waals surface area contributed by atoms with Gasteiger partial charge in [0.2, 0.25) is 0 Å². The van der Waals surface area contributed by atoms with Crippen LogP contribution in [0.2, 0.25) is 5.02 Å². The lowest BCUT2D eigenvalue weighted by atomic mass is 9.94. The molecule has 2 atom stereocenters. The number of carboxylic acids is 1. The Kier molecular flexibility index (Phi) is 5.04. The van der Waals surface area contributed by atoms with Crippen LogP contribution in [0.15, 0.2) is 24.3 Å². The number of nitrogens with zero attached hydrogens (tertiary/aromatic N) is 1. The number of hydrogen-bond acceptors (Lipinski definition) is 3. The van der Waals surface area contributed by atoms with Crippen molar-refractivity contribution in [3.63, 3.8) is 0 Å². The number of hydrogen-bond donors (Lipinski definition) is 1. The zero-order chi connectivity index (χ0) is 21.8. The fourth-order valence-corrected chi connectivity index (χ4v) is 4.13. The molecule has 4 rings (SSSR count). The smallest absolute Gasteiger partial charge is 0.481 e. The van der Waals surface area contributed by atoms with E-state index in [2.05, 4.69) is 4.74 Å². The highest BCUT2D eigenvalue weighted by atomic mass is 35.5. The second-order valence-electron chi connectivity index (χ2n) is 7.35. The van der Waals surface area contributed by atoms with E-state index in [9.17, 15) is 26.7 Å². The van der Waals surface area contributed by atoms with Gasteiger partial charge in [-0.15, -0.1) is 13.2 Å². The molecule has 2 aromatic rings. The van der Waals surface area contributed by atoms with Crippen LogP contribution < -0.4 is 9.64 Å². The first kappa shape index (κ1) is 20.7. The van der Waals surface area contributed by atoms with E-state index in [0.717, 1.165) is 6.07 Å². The van der Waals surface area contributed by atoms with Crippen molar-refractivity contribution in [1.82, 2.24) is 0 Å². The number of benzene rings is 2. The van der Waals surface area contributed by atoms with Crippen molar-refractivity contribution in [3.05, 3.63) is 57.6 Å². The number of carboxylic acid groups (broad SMARTS) is 1. The van der Waals surface area contributed by atoms with E-state index < -0.39 is 35.6 Å². The van der Waals surface area contributed by atoms with Crippen molar-refractivity contribution in [2.45, 2.75) is 31.7 Å². The van der Waals surface area contributed by atoms with Crippen molar-refractivity contribution < 1.29 is 36.6 Å². The van der Waals surface area contributed by atoms with E-state index in [0.29, 0.717) is 29.2 Å². The fraction of sp³-hybridized carbons (Fsp3) is 0.350. The molecule has 1 aliphatic heterocycles.